The molecule has 0 saturated heterocycles. The van der Waals surface area contributed by atoms with Crippen molar-refractivity contribution in [3.63, 3.8) is 0 Å². The molecule has 0 aromatic carbocycles. The minimum Gasteiger partial charge on any atom is -0.154 e. The summed E-state index contributed by atoms with van der Waals surface area (Å²) < 4.78 is 0. The highest BCUT2D eigenvalue weighted by molar-refractivity contribution is 7.98. The van der Waals surface area contributed by atoms with Crippen molar-refractivity contribution in [3.8, 4) is 0 Å². The van der Waals surface area contributed by atoms with E-state index in [4.69, 9.17) is 0 Å². The first-order valence-corrected chi connectivity index (χ1v) is 3.80. The topological polar surface area (TPSA) is 43.6 Å². The fourth-order valence-corrected chi connectivity index (χ4v) is 0.846. The molecule has 0 saturated carbocycles. The van der Waals surface area contributed by atoms with Crippen LogP contribution in [0.2, 0.25) is 0 Å². The maximum atomic E-state index is 3.70. The quantitative estimate of drug-likeness (QED) is 0.605. The molecule has 1 rings (SSSR count). The number of hydrogen-bond acceptors (Lipinski definition) is 4. The summed E-state index contributed by atoms with van der Waals surface area (Å²) in [5.41, 5.74) is 0. The van der Waals surface area contributed by atoms with Crippen molar-refractivity contribution in [1.82, 2.24) is 20.2 Å². The minimum atomic E-state index is 0.771. The van der Waals surface area contributed by atoms with E-state index in [1.807, 2.05) is 0 Å². The second kappa shape index (κ2) is 3.45. The zero-order valence-corrected chi connectivity index (χ0v) is 5.93. The van der Waals surface area contributed by atoms with Gasteiger partial charge in [-0.2, -0.15) is 4.80 Å². The van der Waals surface area contributed by atoms with Crippen LogP contribution < -0.4 is 0 Å². The zero-order chi connectivity index (χ0) is 6.53. The lowest BCUT2D eigenvalue weighted by atomic mass is 11.0. The molecule has 1 radical (unpaired) electrons. The molecule has 0 N–H and O–H groups in total. The van der Waals surface area contributed by atoms with Gasteiger partial charge in [0.05, 0.1) is 0 Å². The molecule has 0 fully saturated rings. The van der Waals surface area contributed by atoms with Crippen LogP contribution in [0.15, 0.2) is 0 Å². The van der Waals surface area contributed by atoms with Gasteiger partial charge in [-0.15, -0.1) is 22.0 Å². The fourth-order valence-electron chi connectivity index (χ4n) is 0.391. The molecular weight excluding hydrogens is 136 g/mol. The third-order valence-corrected chi connectivity index (χ3v) is 1.59. The van der Waals surface area contributed by atoms with Crippen molar-refractivity contribution < 1.29 is 0 Å². The Morgan fingerprint density at radius 2 is 2.56 bits per heavy atom. The summed E-state index contributed by atoms with van der Waals surface area (Å²) in [6.45, 7) is 2.09. The van der Waals surface area contributed by atoms with E-state index in [1.165, 1.54) is 4.80 Å². The molecule has 0 aliphatic heterocycles. The highest BCUT2D eigenvalue weighted by Gasteiger charge is 1.89. The van der Waals surface area contributed by atoms with Crippen molar-refractivity contribution in [3.05, 3.63) is 6.33 Å². The van der Waals surface area contributed by atoms with Gasteiger partial charge in [-0.25, -0.2) is 0 Å². The van der Waals surface area contributed by atoms with Gasteiger partial charge in [-0.05, 0) is 11.0 Å². The van der Waals surface area contributed by atoms with Crippen molar-refractivity contribution >= 4 is 11.8 Å². The van der Waals surface area contributed by atoms with E-state index in [0.29, 0.717) is 0 Å². The van der Waals surface area contributed by atoms with Crippen LogP contribution in [-0.2, 0) is 5.88 Å². The van der Waals surface area contributed by atoms with E-state index < -0.39 is 0 Å². The van der Waals surface area contributed by atoms with Crippen LogP contribution in [0.25, 0.3) is 0 Å². The second-order valence-corrected chi connectivity index (χ2v) is 2.63. The van der Waals surface area contributed by atoms with Gasteiger partial charge in [0.1, 0.15) is 5.88 Å². The van der Waals surface area contributed by atoms with Crippen LogP contribution in [0.3, 0.4) is 0 Å². The SMILES string of the molecule is CCSCn1n[c]nn1. The van der Waals surface area contributed by atoms with Crippen molar-refractivity contribution in [2.24, 2.45) is 0 Å². The van der Waals surface area contributed by atoms with Gasteiger partial charge in [-0.3, -0.25) is 0 Å². The maximum absolute atomic E-state index is 3.70. The zero-order valence-electron chi connectivity index (χ0n) is 5.11. The summed E-state index contributed by atoms with van der Waals surface area (Å²) in [4.78, 5) is 1.51. The summed E-state index contributed by atoms with van der Waals surface area (Å²) in [7, 11) is 0. The third-order valence-electron chi connectivity index (χ3n) is 0.764. The van der Waals surface area contributed by atoms with E-state index in [1.54, 1.807) is 11.8 Å². The van der Waals surface area contributed by atoms with Crippen molar-refractivity contribution in [2.75, 3.05) is 5.75 Å². The molecule has 5 heteroatoms. The predicted molar refractivity (Wildman–Crippen MR) is 34.8 cm³/mol. The van der Waals surface area contributed by atoms with Crippen LogP contribution in [0, 0.1) is 6.33 Å². The Labute approximate surface area is 57.6 Å². The van der Waals surface area contributed by atoms with Gasteiger partial charge in [0, 0.05) is 0 Å². The predicted octanol–water partition coefficient (Wildman–Crippen LogP) is 0.184. The Bertz CT molecular complexity index is 150. The highest BCUT2D eigenvalue weighted by atomic mass is 32.2. The molecule has 4 nitrogen and oxygen atoms in total. The number of thioether (sulfide) groups is 1. The first-order valence-electron chi connectivity index (χ1n) is 2.65. The molecule has 49 valence electrons. The van der Waals surface area contributed by atoms with Crippen LogP contribution in [-0.4, -0.2) is 26.0 Å². The van der Waals surface area contributed by atoms with Crippen LogP contribution in [0.1, 0.15) is 6.92 Å². The van der Waals surface area contributed by atoms with Crippen LogP contribution in [0.5, 0.6) is 0 Å². The normalized spacial score (nSPS) is 9.89. The van der Waals surface area contributed by atoms with Crippen LogP contribution >= 0.6 is 11.8 Å². The van der Waals surface area contributed by atoms with E-state index in [2.05, 4.69) is 28.7 Å². The fraction of sp³-hybridized carbons (Fsp3) is 0.750. The number of aromatic nitrogens is 4. The molecule has 0 unspecified atom stereocenters. The molecule has 0 atom stereocenters. The van der Waals surface area contributed by atoms with Crippen LogP contribution in [0.4, 0.5) is 0 Å². The first kappa shape index (κ1) is 6.54. The van der Waals surface area contributed by atoms with E-state index in [-0.39, 0.29) is 0 Å². The van der Waals surface area contributed by atoms with Gasteiger partial charge in [0.2, 0.25) is 6.33 Å². The molecular formula is C4H7N4S. The molecule has 0 aliphatic carbocycles. The summed E-state index contributed by atoms with van der Waals surface area (Å²) >= 11 is 1.74. The number of tetrazole rings is 1. The summed E-state index contributed by atoms with van der Waals surface area (Å²) in [5, 5.41) is 10.8. The summed E-state index contributed by atoms with van der Waals surface area (Å²) in [6, 6.07) is 0. The number of hydrogen-bond donors (Lipinski definition) is 0. The largest absolute Gasteiger partial charge is 0.245 e. The Hall–Kier alpha value is -0.580. The lowest BCUT2D eigenvalue weighted by Gasteiger charge is -1.92. The number of rotatable bonds is 3. The molecule has 1 aromatic heterocycles. The highest BCUT2D eigenvalue weighted by Crippen LogP contribution is 1.98. The minimum absolute atomic E-state index is 0.771. The Morgan fingerprint density at radius 1 is 1.67 bits per heavy atom. The monoisotopic (exact) mass is 143 g/mol. The molecule has 9 heavy (non-hydrogen) atoms. The standard InChI is InChI=1S/C4H7N4S/c1-2-9-4-8-6-3-5-7-8/h2,4H2,1H3. The lowest BCUT2D eigenvalue weighted by molar-refractivity contribution is 0.617. The maximum Gasteiger partial charge on any atom is 0.245 e. The van der Waals surface area contributed by atoms with Gasteiger partial charge in [0.25, 0.3) is 0 Å². The Balaban J connectivity index is 2.30. The molecule has 1 heterocycles. The van der Waals surface area contributed by atoms with E-state index in [0.717, 1.165) is 11.6 Å². The van der Waals surface area contributed by atoms with Gasteiger partial charge < -0.3 is 0 Å². The van der Waals surface area contributed by atoms with Crippen molar-refractivity contribution in [1.29, 1.82) is 0 Å². The molecule has 0 amide bonds. The smallest absolute Gasteiger partial charge is 0.154 e. The molecule has 0 spiro atoms. The molecule has 0 aliphatic rings. The van der Waals surface area contributed by atoms with Gasteiger partial charge >= 0.3 is 0 Å². The van der Waals surface area contributed by atoms with Gasteiger partial charge in [-0.1, -0.05) is 6.92 Å². The molecule has 0 bridgehead atoms. The molecule has 1 aromatic rings. The Kier molecular flexibility index (Phi) is 2.50. The van der Waals surface area contributed by atoms with Gasteiger partial charge in [0.15, 0.2) is 0 Å². The van der Waals surface area contributed by atoms with Crippen molar-refractivity contribution in [2.45, 2.75) is 12.8 Å². The average molecular weight is 143 g/mol. The van der Waals surface area contributed by atoms with E-state index >= 15 is 0 Å². The first-order chi connectivity index (χ1) is 4.43. The summed E-state index contributed by atoms with van der Waals surface area (Å²) in [5.74, 6) is 1.84. The van der Waals surface area contributed by atoms with E-state index in [9.17, 15) is 0 Å². The summed E-state index contributed by atoms with van der Waals surface area (Å²) in [6.07, 6.45) is 2.38. The average Bonchev–Trinajstić information content (AvgIpc) is 2.34. The second-order valence-electron chi connectivity index (χ2n) is 1.38. The lowest BCUT2D eigenvalue weighted by Crippen LogP contribution is -1.98. The Morgan fingerprint density at radius 3 is 3.11 bits per heavy atom. The number of nitrogens with zero attached hydrogens (tertiary/aromatic N) is 4. The third kappa shape index (κ3) is 2.01.